The predicted molar refractivity (Wildman–Crippen MR) is 96.0 cm³/mol. The quantitative estimate of drug-likeness (QED) is 0.667. The second-order valence-corrected chi connectivity index (χ2v) is 6.09. The van der Waals surface area contributed by atoms with E-state index in [-0.39, 0.29) is 6.61 Å². The molecule has 2 aromatic carbocycles. The Morgan fingerprint density at radius 3 is 2.58 bits per heavy atom. The lowest BCUT2D eigenvalue weighted by atomic mass is 10.2. The number of rotatable bonds is 9. The number of nitrogens with two attached hydrogens (primary N) is 1. The van der Waals surface area contributed by atoms with Gasteiger partial charge in [-0.25, -0.2) is 0 Å². The second kappa shape index (κ2) is 9.74. The van der Waals surface area contributed by atoms with Crippen LogP contribution in [0, 0.1) is 0 Å². The number of aliphatic hydroxyl groups excluding tert-OH is 1. The Kier molecular flexibility index (Phi) is 7.66. The smallest absolute Gasteiger partial charge is 0.161 e. The third-order valence-electron chi connectivity index (χ3n) is 3.42. The van der Waals surface area contributed by atoms with Crippen LogP contribution in [-0.2, 0) is 13.2 Å². The normalized spacial score (nSPS) is 10.7. The van der Waals surface area contributed by atoms with Crippen LogP contribution in [0.4, 0.5) is 0 Å². The van der Waals surface area contributed by atoms with Crippen LogP contribution in [0.1, 0.15) is 18.1 Å². The van der Waals surface area contributed by atoms with Gasteiger partial charge in [-0.05, 0) is 37.3 Å². The van der Waals surface area contributed by atoms with E-state index < -0.39 is 0 Å². The summed E-state index contributed by atoms with van der Waals surface area (Å²) < 4.78 is 11.6. The zero-order valence-electron chi connectivity index (χ0n) is 13.6. The second-order valence-electron chi connectivity index (χ2n) is 5.24. The summed E-state index contributed by atoms with van der Waals surface area (Å²) in [5.74, 6) is 1.38. The molecule has 0 spiro atoms. The van der Waals surface area contributed by atoms with Crippen LogP contribution in [0.2, 0.25) is 10.0 Å². The largest absolute Gasteiger partial charge is 0.490 e. The number of halogens is 2. The van der Waals surface area contributed by atoms with Crippen LogP contribution in [0.25, 0.3) is 0 Å². The first kappa shape index (κ1) is 18.9. The highest BCUT2D eigenvalue weighted by Crippen LogP contribution is 2.30. The van der Waals surface area contributed by atoms with E-state index in [1.807, 2.05) is 36.5 Å². The lowest BCUT2D eigenvalue weighted by Gasteiger charge is -2.14. The van der Waals surface area contributed by atoms with E-state index in [0.29, 0.717) is 41.3 Å². The molecule has 2 aromatic rings. The van der Waals surface area contributed by atoms with Crippen LogP contribution in [0.15, 0.2) is 36.4 Å². The summed E-state index contributed by atoms with van der Waals surface area (Å²) >= 11 is 12.1. The molecule has 2 rings (SSSR count). The van der Waals surface area contributed by atoms with Crippen molar-refractivity contribution in [1.82, 2.24) is 0 Å². The number of aliphatic hydroxyl groups is 1. The van der Waals surface area contributed by atoms with Gasteiger partial charge in [0.2, 0.25) is 0 Å². The Labute approximate surface area is 152 Å². The molecule has 0 aliphatic rings. The maximum atomic E-state index is 8.85. The van der Waals surface area contributed by atoms with Crippen LogP contribution in [0.3, 0.4) is 0 Å². The maximum Gasteiger partial charge on any atom is 0.161 e. The molecule has 0 aliphatic heterocycles. The van der Waals surface area contributed by atoms with E-state index in [1.54, 1.807) is 12.1 Å². The summed E-state index contributed by atoms with van der Waals surface area (Å²) in [5, 5.41) is 12.1. The van der Waals surface area contributed by atoms with Crippen molar-refractivity contribution in [2.24, 2.45) is 0 Å². The molecule has 0 amide bonds. The molecular formula is C18H22Cl2NO3+. The topological polar surface area (TPSA) is 55.3 Å². The van der Waals surface area contributed by atoms with E-state index in [0.717, 1.165) is 17.7 Å². The Morgan fingerprint density at radius 1 is 1.04 bits per heavy atom. The fourth-order valence-electron chi connectivity index (χ4n) is 2.22. The van der Waals surface area contributed by atoms with Crippen molar-refractivity contribution in [2.45, 2.75) is 20.1 Å². The molecule has 0 aromatic heterocycles. The number of hydrogen-bond acceptors (Lipinski definition) is 3. The van der Waals surface area contributed by atoms with Gasteiger partial charge in [-0.15, -0.1) is 0 Å². The molecule has 130 valence electrons. The average molecular weight is 371 g/mol. The van der Waals surface area contributed by atoms with E-state index in [1.165, 1.54) is 0 Å². The van der Waals surface area contributed by atoms with Gasteiger partial charge >= 0.3 is 0 Å². The van der Waals surface area contributed by atoms with Crippen molar-refractivity contribution in [3.8, 4) is 11.5 Å². The van der Waals surface area contributed by atoms with E-state index in [2.05, 4.69) is 0 Å². The zero-order chi connectivity index (χ0) is 17.4. The summed E-state index contributed by atoms with van der Waals surface area (Å²) in [5.41, 5.74) is 1.98. The summed E-state index contributed by atoms with van der Waals surface area (Å²) in [6, 6.07) is 11.2. The van der Waals surface area contributed by atoms with Gasteiger partial charge in [-0.2, -0.15) is 0 Å². The summed E-state index contributed by atoms with van der Waals surface area (Å²) in [4.78, 5) is 0. The van der Waals surface area contributed by atoms with Gasteiger partial charge in [0.1, 0.15) is 13.2 Å². The first-order chi connectivity index (χ1) is 11.6. The van der Waals surface area contributed by atoms with Gasteiger partial charge in [-0.3, -0.25) is 0 Å². The summed E-state index contributed by atoms with van der Waals surface area (Å²) in [6.07, 6.45) is 0. The third-order valence-corrected chi connectivity index (χ3v) is 4.01. The van der Waals surface area contributed by atoms with Gasteiger partial charge in [-0.1, -0.05) is 29.3 Å². The molecule has 0 aliphatic carbocycles. The molecule has 3 N–H and O–H groups in total. The maximum absolute atomic E-state index is 8.85. The van der Waals surface area contributed by atoms with Crippen LogP contribution < -0.4 is 14.8 Å². The minimum atomic E-state index is 0.168. The molecule has 0 saturated carbocycles. The number of ether oxygens (including phenoxy) is 2. The Morgan fingerprint density at radius 2 is 1.88 bits per heavy atom. The monoisotopic (exact) mass is 370 g/mol. The summed E-state index contributed by atoms with van der Waals surface area (Å²) in [6.45, 7) is 4.46. The number of hydrogen-bond donors (Lipinski definition) is 2. The molecule has 24 heavy (non-hydrogen) atoms. The van der Waals surface area contributed by atoms with Crippen molar-refractivity contribution in [1.29, 1.82) is 0 Å². The highest BCUT2D eigenvalue weighted by molar-refractivity contribution is 6.35. The van der Waals surface area contributed by atoms with E-state index in [9.17, 15) is 0 Å². The van der Waals surface area contributed by atoms with Gasteiger partial charge < -0.3 is 19.9 Å². The molecule has 0 unspecified atom stereocenters. The lowest BCUT2D eigenvalue weighted by Crippen LogP contribution is -2.83. The third kappa shape index (κ3) is 5.56. The van der Waals surface area contributed by atoms with Crippen molar-refractivity contribution in [2.75, 3.05) is 19.8 Å². The summed E-state index contributed by atoms with van der Waals surface area (Å²) in [7, 11) is 0. The molecule has 4 nitrogen and oxygen atoms in total. The van der Waals surface area contributed by atoms with Gasteiger partial charge in [0.25, 0.3) is 0 Å². The van der Waals surface area contributed by atoms with Crippen LogP contribution in [0.5, 0.6) is 11.5 Å². The zero-order valence-corrected chi connectivity index (χ0v) is 15.1. The van der Waals surface area contributed by atoms with Crippen molar-refractivity contribution < 1.29 is 19.9 Å². The molecule has 0 fully saturated rings. The first-order valence-electron chi connectivity index (χ1n) is 7.89. The number of quaternary nitrogens is 1. The molecule has 0 atom stereocenters. The molecule has 6 heteroatoms. The standard InChI is InChI=1S/C18H21Cl2NO3/c1-2-23-18-9-13(11-21-7-8-22)3-6-17(18)24-12-14-4-5-15(19)10-16(14)20/h3-6,9-10,21-22H,2,7-8,11-12H2,1H3/p+1. The van der Waals surface area contributed by atoms with E-state index in [4.69, 9.17) is 37.8 Å². The number of benzene rings is 2. The van der Waals surface area contributed by atoms with Gasteiger partial charge in [0.05, 0.1) is 19.8 Å². The fraction of sp³-hybridized carbons (Fsp3) is 0.333. The van der Waals surface area contributed by atoms with Gasteiger partial charge in [0, 0.05) is 21.2 Å². The molecular weight excluding hydrogens is 349 g/mol. The average Bonchev–Trinajstić information content (AvgIpc) is 2.56. The van der Waals surface area contributed by atoms with Crippen LogP contribution in [-0.4, -0.2) is 24.9 Å². The first-order valence-corrected chi connectivity index (χ1v) is 8.64. The Bertz CT molecular complexity index is 665. The van der Waals surface area contributed by atoms with Crippen molar-refractivity contribution >= 4 is 23.2 Å². The van der Waals surface area contributed by atoms with Crippen LogP contribution >= 0.6 is 23.2 Å². The van der Waals surface area contributed by atoms with Crippen molar-refractivity contribution in [3.05, 3.63) is 57.6 Å². The predicted octanol–water partition coefficient (Wildman–Crippen LogP) is 3.03. The van der Waals surface area contributed by atoms with Gasteiger partial charge in [0.15, 0.2) is 11.5 Å². The Hall–Kier alpha value is -1.46. The Balaban J connectivity index is 2.07. The molecule has 0 bridgehead atoms. The van der Waals surface area contributed by atoms with Crippen molar-refractivity contribution in [3.63, 3.8) is 0 Å². The molecule has 0 heterocycles. The fourth-order valence-corrected chi connectivity index (χ4v) is 2.68. The highest BCUT2D eigenvalue weighted by Gasteiger charge is 2.09. The highest BCUT2D eigenvalue weighted by atomic mass is 35.5. The SMILES string of the molecule is CCOc1cc(C[NH2+]CCO)ccc1OCc1ccc(Cl)cc1Cl. The lowest BCUT2D eigenvalue weighted by molar-refractivity contribution is -0.671. The molecule has 0 saturated heterocycles. The minimum absolute atomic E-state index is 0.168. The molecule has 0 radical (unpaired) electrons. The van der Waals surface area contributed by atoms with E-state index >= 15 is 0 Å². The minimum Gasteiger partial charge on any atom is -0.490 e.